The molecule has 0 spiro atoms. The van der Waals surface area contributed by atoms with Gasteiger partial charge < -0.3 is 14.8 Å². The van der Waals surface area contributed by atoms with Gasteiger partial charge in [0.25, 0.3) is 0 Å². The van der Waals surface area contributed by atoms with E-state index in [-0.39, 0.29) is 0 Å². The van der Waals surface area contributed by atoms with Crippen LogP contribution in [0.3, 0.4) is 0 Å². The van der Waals surface area contributed by atoms with Crippen molar-refractivity contribution in [3.05, 3.63) is 27.2 Å². The average Bonchev–Trinajstić information content (AvgIpc) is 2.34. The van der Waals surface area contributed by atoms with Gasteiger partial charge in [0.15, 0.2) is 0 Å². The molecule has 0 aromatic heterocycles. The topological polar surface area (TPSA) is 30.5 Å². The van der Waals surface area contributed by atoms with E-state index in [1.165, 1.54) is 0 Å². The van der Waals surface area contributed by atoms with Crippen LogP contribution in [0.4, 0.5) is 5.69 Å². The van der Waals surface area contributed by atoms with Crippen LogP contribution in [0.5, 0.6) is 0 Å². The monoisotopic (exact) mass is 335 g/mol. The first-order valence-corrected chi connectivity index (χ1v) is 7.08. The van der Waals surface area contributed by atoms with Crippen LogP contribution in [-0.2, 0) is 9.47 Å². The predicted octanol–water partition coefficient (Wildman–Crippen LogP) is 3.88. The Hall–Kier alpha value is -0.290. The van der Waals surface area contributed by atoms with Crippen molar-refractivity contribution in [1.82, 2.24) is 0 Å². The Morgan fingerprint density at radius 3 is 2.78 bits per heavy atom. The molecule has 0 bridgehead atoms. The summed E-state index contributed by atoms with van der Waals surface area (Å²) >= 11 is 9.58. The van der Waals surface area contributed by atoms with Crippen LogP contribution in [0, 0.1) is 6.92 Å². The molecule has 0 amide bonds. The van der Waals surface area contributed by atoms with Crippen molar-refractivity contribution in [2.24, 2.45) is 0 Å². The number of halogens is 2. The minimum absolute atomic E-state index is 0.668. The summed E-state index contributed by atoms with van der Waals surface area (Å²) in [7, 11) is 1.69. The highest BCUT2D eigenvalue weighted by molar-refractivity contribution is 9.10. The van der Waals surface area contributed by atoms with Crippen molar-refractivity contribution in [1.29, 1.82) is 0 Å². The molecule has 1 rings (SSSR count). The number of benzene rings is 1. The van der Waals surface area contributed by atoms with Gasteiger partial charge in [-0.05, 0) is 47.0 Å². The maximum absolute atomic E-state index is 6.08. The Balaban J connectivity index is 2.25. The van der Waals surface area contributed by atoms with Gasteiger partial charge in [0.2, 0.25) is 0 Å². The quantitative estimate of drug-likeness (QED) is 0.731. The number of ether oxygens (including phenoxy) is 2. The van der Waals surface area contributed by atoms with E-state index in [1.54, 1.807) is 7.11 Å². The number of rotatable bonds is 8. The summed E-state index contributed by atoms with van der Waals surface area (Å²) in [6, 6.07) is 3.93. The number of nitrogens with one attached hydrogen (secondary N) is 1. The van der Waals surface area contributed by atoms with E-state index in [4.69, 9.17) is 21.1 Å². The largest absolute Gasteiger partial charge is 0.385 e. The minimum Gasteiger partial charge on any atom is -0.385 e. The second-order valence-electron chi connectivity index (χ2n) is 3.97. The summed E-state index contributed by atoms with van der Waals surface area (Å²) in [4.78, 5) is 0. The molecular formula is C13H19BrClNO2. The van der Waals surface area contributed by atoms with Crippen molar-refractivity contribution < 1.29 is 9.47 Å². The van der Waals surface area contributed by atoms with Gasteiger partial charge in [-0.3, -0.25) is 0 Å². The smallest absolute Gasteiger partial charge is 0.0639 e. The Labute approximate surface area is 122 Å². The molecule has 1 N–H and O–H groups in total. The minimum atomic E-state index is 0.668. The fraction of sp³-hybridized carbons (Fsp3) is 0.538. The maximum atomic E-state index is 6.08. The third-order valence-corrected chi connectivity index (χ3v) is 3.51. The van der Waals surface area contributed by atoms with E-state index in [0.29, 0.717) is 6.61 Å². The molecule has 0 radical (unpaired) electrons. The fourth-order valence-corrected chi connectivity index (χ4v) is 2.21. The van der Waals surface area contributed by atoms with E-state index in [9.17, 15) is 0 Å². The third-order valence-electron chi connectivity index (χ3n) is 2.45. The third kappa shape index (κ3) is 5.57. The van der Waals surface area contributed by atoms with Crippen LogP contribution < -0.4 is 5.32 Å². The molecular weight excluding hydrogens is 318 g/mol. The van der Waals surface area contributed by atoms with Crippen LogP contribution in [0.2, 0.25) is 5.02 Å². The lowest BCUT2D eigenvalue weighted by Gasteiger charge is -2.11. The Bertz CT molecular complexity index is 374. The molecule has 0 aliphatic carbocycles. The molecule has 3 nitrogen and oxygen atoms in total. The van der Waals surface area contributed by atoms with Crippen molar-refractivity contribution in [2.75, 3.05) is 38.8 Å². The molecule has 0 saturated heterocycles. The van der Waals surface area contributed by atoms with Gasteiger partial charge in [-0.1, -0.05) is 11.6 Å². The molecule has 0 aliphatic rings. The summed E-state index contributed by atoms with van der Waals surface area (Å²) in [5.41, 5.74) is 2.05. The van der Waals surface area contributed by atoms with Crippen molar-refractivity contribution in [3.63, 3.8) is 0 Å². The Morgan fingerprint density at radius 1 is 1.28 bits per heavy atom. The molecule has 0 aliphatic heterocycles. The van der Waals surface area contributed by atoms with Gasteiger partial charge in [-0.25, -0.2) is 0 Å². The first kappa shape index (κ1) is 15.8. The van der Waals surface area contributed by atoms with E-state index >= 15 is 0 Å². The van der Waals surface area contributed by atoms with Crippen molar-refractivity contribution in [2.45, 2.75) is 13.3 Å². The van der Waals surface area contributed by atoms with Gasteiger partial charge in [0, 0.05) is 36.4 Å². The first-order valence-electron chi connectivity index (χ1n) is 5.91. The molecule has 102 valence electrons. The molecule has 0 fully saturated rings. The van der Waals surface area contributed by atoms with Crippen LogP contribution in [0.25, 0.3) is 0 Å². The number of anilines is 1. The van der Waals surface area contributed by atoms with Crippen molar-refractivity contribution in [3.8, 4) is 0 Å². The Morgan fingerprint density at radius 2 is 2.06 bits per heavy atom. The second kappa shape index (κ2) is 8.75. The average molecular weight is 337 g/mol. The normalized spacial score (nSPS) is 10.7. The highest BCUT2D eigenvalue weighted by Crippen LogP contribution is 2.28. The fourth-order valence-electron chi connectivity index (χ4n) is 1.45. The summed E-state index contributed by atoms with van der Waals surface area (Å²) < 4.78 is 11.4. The maximum Gasteiger partial charge on any atom is 0.0639 e. The predicted molar refractivity (Wildman–Crippen MR) is 79.7 cm³/mol. The summed E-state index contributed by atoms with van der Waals surface area (Å²) in [5, 5.41) is 4.05. The second-order valence-corrected chi connectivity index (χ2v) is 5.23. The highest BCUT2D eigenvalue weighted by atomic mass is 79.9. The number of methoxy groups -OCH3 is 1. The van der Waals surface area contributed by atoms with Gasteiger partial charge >= 0.3 is 0 Å². The summed E-state index contributed by atoms with van der Waals surface area (Å²) in [6.07, 6.45) is 0.927. The number of hydrogen-bond donors (Lipinski definition) is 1. The van der Waals surface area contributed by atoms with Crippen LogP contribution in [0.1, 0.15) is 12.0 Å². The molecule has 0 unspecified atom stereocenters. The zero-order valence-electron chi connectivity index (χ0n) is 10.8. The number of aryl methyl sites for hydroxylation is 1. The highest BCUT2D eigenvalue weighted by Gasteiger charge is 2.03. The van der Waals surface area contributed by atoms with E-state index in [1.807, 2.05) is 19.1 Å². The molecule has 5 heteroatoms. The molecule has 0 saturated carbocycles. The number of hydrogen-bond acceptors (Lipinski definition) is 3. The van der Waals surface area contributed by atoms with Gasteiger partial charge in [-0.2, -0.15) is 0 Å². The van der Waals surface area contributed by atoms with E-state index < -0.39 is 0 Å². The molecule has 0 atom stereocenters. The first-order chi connectivity index (χ1) is 8.65. The molecule has 0 heterocycles. The van der Waals surface area contributed by atoms with Crippen LogP contribution >= 0.6 is 27.5 Å². The zero-order valence-corrected chi connectivity index (χ0v) is 13.1. The zero-order chi connectivity index (χ0) is 13.4. The molecule has 18 heavy (non-hydrogen) atoms. The Kier molecular flexibility index (Phi) is 7.66. The lowest BCUT2D eigenvalue weighted by atomic mass is 10.2. The summed E-state index contributed by atoms with van der Waals surface area (Å²) in [5.74, 6) is 0. The van der Waals surface area contributed by atoms with Crippen LogP contribution in [0.15, 0.2) is 16.6 Å². The van der Waals surface area contributed by atoms with Gasteiger partial charge in [0.05, 0.1) is 12.3 Å². The lowest BCUT2D eigenvalue weighted by Crippen LogP contribution is -2.11. The van der Waals surface area contributed by atoms with Crippen molar-refractivity contribution >= 4 is 33.2 Å². The molecule has 1 aromatic rings. The molecule has 1 aromatic carbocycles. The summed E-state index contributed by atoms with van der Waals surface area (Å²) in [6.45, 7) is 4.88. The van der Waals surface area contributed by atoms with E-state index in [2.05, 4.69) is 21.2 Å². The van der Waals surface area contributed by atoms with E-state index in [0.717, 1.165) is 46.9 Å². The SMILES string of the molecule is COCCCOCCNc1cc(Cl)c(C)cc1Br. The standard InChI is InChI=1S/C13H19BrClNO2/c1-10-8-11(14)13(9-12(10)15)16-4-7-18-6-3-5-17-2/h8-9,16H,3-7H2,1-2H3. The van der Waals surface area contributed by atoms with Crippen LogP contribution in [-0.4, -0.2) is 33.5 Å². The lowest BCUT2D eigenvalue weighted by molar-refractivity contribution is 0.109. The van der Waals surface area contributed by atoms with Gasteiger partial charge in [0.1, 0.15) is 0 Å². The van der Waals surface area contributed by atoms with Gasteiger partial charge in [-0.15, -0.1) is 0 Å².